The van der Waals surface area contributed by atoms with E-state index >= 15 is 0 Å². The second-order valence-corrected chi connectivity index (χ2v) is 2.81. The number of nitrogen functional groups attached to an aromatic ring is 2. The Morgan fingerprint density at radius 1 is 1.15 bits per heavy atom. The summed E-state index contributed by atoms with van der Waals surface area (Å²) in [6.07, 6.45) is 1.77. The van der Waals surface area contributed by atoms with E-state index in [9.17, 15) is 0 Å². The topological polar surface area (TPSA) is 117 Å². The summed E-state index contributed by atoms with van der Waals surface area (Å²) in [7, 11) is 0. The lowest BCUT2D eigenvalue weighted by Gasteiger charge is -2.08. The molecule has 0 spiro atoms. The van der Waals surface area contributed by atoms with Gasteiger partial charge in [0.1, 0.15) is 0 Å². The van der Waals surface area contributed by atoms with Crippen LogP contribution in [0.3, 0.4) is 0 Å². The fourth-order valence-corrected chi connectivity index (χ4v) is 1.03. The Balaban J connectivity index is 2.87. The molecular formula is C7H14N6. The minimum Gasteiger partial charge on any atom is -0.368 e. The zero-order valence-electron chi connectivity index (χ0n) is 7.57. The second kappa shape index (κ2) is 3.99. The van der Waals surface area contributed by atoms with Crippen LogP contribution in [0.5, 0.6) is 0 Å². The summed E-state index contributed by atoms with van der Waals surface area (Å²) < 4.78 is 0. The van der Waals surface area contributed by atoms with E-state index in [4.69, 9.17) is 17.2 Å². The van der Waals surface area contributed by atoms with Gasteiger partial charge in [-0.1, -0.05) is 13.3 Å². The summed E-state index contributed by atoms with van der Waals surface area (Å²) in [5, 5.41) is 0. The average Bonchev–Trinajstić information content (AvgIpc) is 2.03. The molecule has 1 unspecified atom stereocenters. The summed E-state index contributed by atoms with van der Waals surface area (Å²) in [6.45, 7) is 2.04. The summed E-state index contributed by atoms with van der Waals surface area (Å²) in [5.74, 6) is 0.704. The molecule has 1 aromatic heterocycles. The number of aromatic nitrogens is 3. The van der Waals surface area contributed by atoms with Crippen molar-refractivity contribution in [3.8, 4) is 0 Å². The molecule has 0 saturated heterocycles. The van der Waals surface area contributed by atoms with E-state index in [0.717, 1.165) is 12.8 Å². The lowest BCUT2D eigenvalue weighted by Crippen LogP contribution is -2.16. The van der Waals surface area contributed by atoms with E-state index in [1.54, 1.807) is 0 Å². The third kappa shape index (κ3) is 2.51. The maximum atomic E-state index is 5.78. The van der Waals surface area contributed by atoms with Crippen LogP contribution in [0.15, 0.2) is 0 Å². The summed E-state index contributed by atoms with van der Waals surface area (Å²) >= 11 is 0. The van der Waals surface area contributed by atoms with E-state index in [1.807, 2.05) is 6.92 Å². The van der Waals surface area contributed by atoms with Crippen LogP contribution < -0.4 is 17.2 Å². The number of hydrogen-bond acceptors (Lipinski definition) is 6. The summed E-state index contributed by atoms with van der Waals surface area (Å²) in [5.41, 5.74) is 16.6. The van der Waals surface area contributed by atoms with Crippen LogP contribution >= 0.6 is 0 Å². The van der Waals surface area contributed by atoms with E-state index < -0.39 is 0 Å². The van der Waals surface area contributed by atoms with Gasteiger partial charge in [0.25, 0.3) is 0 Å². The number of nitrogens with two attached hydrogens (primary N) is 3. The first kappa shape index (κ1) is 9.66. The van der Waals surface area contributed by atoms with Gasteiger partial charge in [-0.15, -0.1) is 0 Å². The SMILES string of the molecule is CCCC(N)c1nc(N)nc(N)n1. The number of nitrogens with zero attached hydrogens (tertiary/aromatic N) is 3. The molecule has 1 atom stereocenters. The van der Waals surface area contributed by atoms with Crippen LogP contribution in [0.2, 0.25) is 0 Å². The van der Waals surface area contributed by atoms with Gasteiger partial charge in [0.2, 0.25) is 11.9 Å². The Morgan fingerprint density at radius 3 is 2.15 bits per heavy atom. The molecule has 1 rings (SSSR count). The van der Waals surface area contributed by atoms with E-state index in [1.165, 1.54) is 0 Å². The Labute approximate surface area is 76.6 Å². The largest absolute Gasteiger partial charge is 0.368 e. The first-order valence-electron chi connectivity index (χ1n) is 4.16. The lowest BCUT2D eigenvalue weighted by atomic mass is 10.2. The predicted octanol–water partition coefficient (Wildman–Crippen LogP) is -0.164. The molecule has 0 amide bonds. The molecule has 0 aliphatic rings. The average molecular weight is 182 g/mol. The van der Waals surface area contributed by atoms with Crippen LogP contribution in [0.25, 0.3) is 0 Å². The van der Waals surface area contributed by atoms with Crippen molar-refractivity contribution in [2.75, 3.05) is 11.5 Å². The van der Waals surface area contributed by atoms with Crippen molar-refractivity contribution in [2.24, 2.45) is 5.73 Å². The molecule has 13 heavy (non-hydrogen) atoms. The zero-order valence-corrected chi connectivity index (χ0v) is 7.57. The van der Waals surface area contributed by atoms with Gasteiger partial charge in [0, 0.05) is 0 Å². The Kier molecular flexibility index (Phi) is 2.97. The number of anilines is 2. The molecule has 6 N–H and O–H groups in total. The van der Waals surface area contributed by atoms with Crippen molar-refractivity contribution >= 4 is 11.9 Å². The molecule has 0 aliphatic heterocycles. The van der Waals surface area contributed by atoms with Crippen molar-refractivity contribution in [2.45, 2.75) is 25.8 Å². The number of hydrogen-bond donors (Lipinski definition) is 3. The maximum absolute atomic E-state index is 5.78. The van der Waals surface area contributed by atoms with Crippen LogP contribution in [0, 0.1) is 0 Å². The van der Waals surface area contributed by atoms with E-state index in [2.05, 4.69) is 15.0 Å². The first-order valence-corrected chi connectivity index (χ1v) is 4.16. The fourth-order valence-electron chi connectivity index (χ4n) is 1.03. The van der Waals surface area contributed by atoms with Crippen LogP contribution in [-0.4, -0.2) is 15.0 Å². The molecule has 6 nitrogen and oxygen atoms in total. The third-order valence-electron chi connectivity index (χ3n) is 1.62. The monoisotopic (exact) mass is 182 g/mol. The Morgan fingerprint density at radius 2 is 1.69 bits per heavy atom. The van der Waals surface area contributed by atoms with Crippen LogP contribution in [-0.2, 0) is 0 Å². The third-order valence-corrected chi connectivity index (χ3v) is 1.62. The van der Waals surface area contributed by atoms with Gasteiger partial charge in [0.15, 0.2) is 5.82 Å². The smallest absolute Gasteiger partial charge is 0.225 e. The van der Waals surface area contributed by atoms with Crippen molar-refractivity contribution < 1.29 is 0 Å². The molecule has 1 aromatic rings. The first-order chi connectivity index (χ1) is 6.13. The molecule has 0 bridgehead atoms. The normalized spacial score (nSPS) is 12.8. The van der Waals surface area contributed by atoms with Crippen molar-refractivity contribution in [1.82, 2.24) is 15.0 Å². The van der Waals surface area contributed by atoms with Crippen LogP contribution in [0.1, 0.15) is 31.6 Å². The van der Waals surface area contributed by atoms with Gasteiger partial charge >= 0.3 is 0 Å². The molecule has 0 radical (unpaired) electrons. The molecule has 0 fully saturated rings. The van der Waals surface area contributed by atoms with Crippen molar-refractivity contribution in [3.63, 3.8) is 0 Å². The molecule has 0 saturated carbocycles. The molecule has 1 heterocycles. The second-order valence-electron chi connectivity index (χ2n) is 2.81. The summed E-state index contributed by atoms with van der Waals surface area (Å²) in [4.78, 5) is 11.5. The highest BCUT2D eigenvalue weighted by atomic mass is 15.1. The standard InChI is InChI=1S/C7H14N6/c1-2-3-4(8)5-11-6(9)13-7(10)12-5/h4H,2-3,8H2,1H3,(H4,9,10,11,12,13). The van der Waals surface area contributed by atoms with Gasteiger partial charge in [-0.25, -0.2) is 0 Å². The lowest BCUT2D eigenvalue weighted by molar-refractivity contribution is 0.601. The summed E-state index contributed by atoms with van der Waals surface area (Å²) in [6, 6.07) is -0.211. The molecule has 0 aliphatic carbocycles. The molecule has 0 aromatic carbocycles. The quantitative estimate of drug-likeness (QED) is 0.597. The Hall–Kier alpha value is -1.43. The minimum absolute atomic E-state index is 0.119. The predicted molar refractivity (Wildman–Crippen MR) is 50.5 cm³/mol. The zero-order chi connectivity index (χ0) is 9.84. The molecular weight excluding hydrogens is 168 g/mol. The van der Waals surface area contributed by atoms with Gasteiger partial charge < -0.3 is 17.2 Å². The van der Waals surface area contributed by atoms with Gasteiger partial charge in [-0.2, -0.15) is 15.0 Å². The molecule has 72 valence electrons. The highest BCUT2D eigenvalue weighted by Crippen LogP contribution is 2.12. The molecule has 6 heteroatoms. The van der Waals surface area contributed by atoms with Crippen LogP contribution in [0.4, 0.5) is 11.9 Å². The Bertz CT molecular complexity index is 266. The highest BCUT2D eigenvalue weighted by molar-refractivity contribution is 5.26. The van der Waals surface area contributed by atoms with E-state index in [-0.39, 0.29) is 17.9 Å². The fraction of sp³-hybridized carbons (Fsp3) is 0.571. The van der Waals surface area contributed by atoms with E-state index in [0.29, 0.717) is 5.82 Å². The van der Waals surface area contributed by atoms with Crippen molar-refractivity contribution in [1.29, 1.82) is 0 Å². The number of rotatable bonds is 3. The minimum atomic E-state index is -0.211. The van der Waals surface area contributed by atoms with Crippen molar-refractivity contribution in [3.05, 3.63) is 5.82 Å². The van der Waals surface area contributed by atoms with Gasteiger partial charge in [-0.05, 0) is 6.42 Å². The van der Waals surface area contributed by atoms with Gasteiger partial charge in [-0.3, -0.25) is 0 Å². The maximum Gasteiger partial charge on any atom is 0.225 e. The van der Waals surface area contributed by atoms with Gasteiger partial charge in [0.05, 0.1) is 6.04 Å². The highest BCUT2D eigenvalue weighted by Gasteiger charge is 2.09.